The summed E-state index contributed by atoms with van der Waals surface area (Å²) in [6.07, 6.45) is 0. The number of anilines is 1. The average molecular weight is 368 g/mol. The molecule has 0 radical (unpaired) electrons. The van der Waals surface area contributed by atoms with Crippen molar-refractivity contribution in [2.75, 3.05) is 5.32 Å². The van der Waals surface area contributed by atoms with Gasteiger partial charge in [0.15, 0.2) is 5.75 Å². The second-order valence-corrected chi connectivity index (χ2v) is 5.76. The van der Waals surface area contributed by atoms with Crippen LogP contribution in [0.4, 0.5) is 17.1 Å². The van der Waals surface area contributed by atoms with Crippen LogP contribution in [0.15, 0.2) is 77.0 Å². The molecule has 0 saturated carbocycles. The van der Waals surface area contributed by atoms with Crippen LogP contribution in [0, 0.1) is 0 Å². The minimum atomic E-state index is -0.476. The van der Waals surface area contributed by atoms with Gasteiger partial charge in [0.2, 0.25) is 0 Å². The quantitative estimate of drug-likeness (QED) is 0.537. The molecule has 3 aromatic carbocycles. The van der Waals surface area contributed by atoms with Gasteiger partial charge in [-0.3, -0.25) is 4.79 Å². The van der Waals surface area contributed by atoms with Crippen LogP contribution < -0.4 is 5.32 Å². The second kappa shape index (κ2) is 7.67. The number of benzene rings is 3. The fourth-order valence-electron chi connectivity index (χ4n) is 2.20. The molecule has 0 aliphatic carbocycles. The smallest absolute Gasteiger partial charge is 0.259 e. The van der Waals surface area contributed by atoms with E-state index >= 15 is 0 Å². The van der Waals surface area contributed by atoms with Gasteiger partial charge >= 0.3 is 0 Å². The van der Waals surface area contributed by atoms with Crippen molar-refractivity contribution in [1.29, 1.82) is 0 Å². The Hall–Kier alpha value is -3.38. The van der Waals surface area contributed by atoms with Crippen molar-refractivity contribution in [3.05, 3.63) is 77.3 Å². The maximum absolute atomic E-state index is 12.4. The number of carbonyl (C=O) groups is 1. The SMILES string of the molecule is O=C(Nc1ccccc1)c1cccc(N=Nc2cc(Cl)ccc2O)c1O. The highest BCUT2D eigenvalue weighted by Crippen LogP contribution is 2.35. The van der Waals surface area contributed by atoms with E-state index < -0.39 is 5.91 Å². The highest BCUT2D eigenvalue weighted by molar-refractivity contribution is 6.30. The molecule has 3 aromatic rings. The zero-order valence-electron chi connectivity index (χ0n) is 13.4. The third kappa shape index (κ3) is 3.99. The number of hydrogen-bond acceptors (Lipinski definition) is 5. The van der Waals surface area contributed by atoms with Crippen LogP contribution >= 0.6 is 11.6 Å². The molecule has 0 saturated heterocycles. The van der Waals surface area contributed by atoms with Gasteiger partial charge in [-0.15, -0.1) is 10.2 Å². The Balaban J connectivity index is 1.86. The molecule has 26 heavy (non-hydrogen) atoms. The van der Waals surface area contributed by atoms with Crippen molar-refractivity contribution < 1.29 is 15.0 Å². The zero-order chi connectivity index (χ0) is 18.5. The van der Waals surface area contributed by atoms with Crippen LogP contribution in [-0.4, -0.2) is 16.1 Å². The number of nitrogens with one attached hydrogen (secondary N) is 1. The summed E-state index contributed by atoms with van der Waals surface area (Å²) in [5.74, 6) is -0.891. The summed E-state index contributed by atoms with van der Waals surface area (Å²) in [7, 11) is 0. The molecule has 3 N–H and O–H groups in total. The molecule has 0 unspecified atom stereocenters. The van der Waals surface area contributed by atoms with Crippen molar-refractivity contribution in [3.8, 4) is 11.5 Å². The normalized spacial score (nSPS) is 10.8. The van der Waals surface area contributed by atoms with E-state index in [-0.39, 0.29) is 28.4 Å². The molecule has 3 rings (SSSR count). The van der Waals surface area contributed by atoms with Gasteiger partial charge in [0.25, 0.3) is 5.91 Å². The average Bonchev–Trinajstić information content (AvgIpc) is 2.64. The monoisotopic (exact) mass is 367 g/mol. The number of amides is 1. The Kier molecular flexibility index (Phi) is 5.15. The molecule has 0 atom stereocenters. The number of azo groups is 1. The molecule has 0 spiro atoms. The molecule has 7 heteroatoms. The minimum absolute atomic E-state index is 0.0561. The highest BCUT2D eigenvalue weighted by atomic mass is 35.5. The van der Waals surface area contributed by atoms with Crippen LogP contribution in [-0.2, 0) is 0 Å². The van der Waals surface area contributed by atoms with E-state index in [2.05, 4.69) is 15.5 Å². The van der Waals surface area contributed by atoms with Gasteiger partial charge in [-0.05, 0) is 42.5 Å². The fraction of sp³-hybridized carbons (Fsp3) is 0. The van der Waals surface area contributed by atoms with Gasteiger partial charge in [-0.2, -0.15) is 0 Å². The first-order valence-corrected chi connectivity index (χ1v) is 8.01. The van der Waals surface area contributed by atoms with Gasteiger partial charge < -0.3 is 15.5 Å². The molecule has 6 nitrogen and oxygen atoms in total. The summed E-state index contributed by atoms with van der Waals surface area (Å²) in [5, 5.41) is 30.9. The van der Waals surface area contributed by atoms with Gasteiger partial charge in [0.1, 0.15) is 17.1 Å². The summed E-state index contributed by atoms with van der Waals surface area (Å²) in [6, 6.07) is 17.8. The van der Waals surface area contributed by atoms with E-state index in [1.54, 1.807) is 30.3 Å². The molecule has 0 fully saturated rings. The number of rotatable bonds is 4. The molecule has 0 aliphatic heterocycles. The number of aromatic hydroxyl groups is 2. The van der Waals surface area contributed by atoms with Gasteiger partial charge in [-0.1, -0.05) is 35.9 Å². The summed E-state index contributed by atoms with van der Waals surface area (Å²) in [6.45, 7) is 0. The third-order valence-corrected chi connectivity index (χ3v) is 3.73. The van der Waals surface area contributed by atoms with Crippen molar-refractivity contribution in [2.24, 2.45) is 10.2 Å². The van der Waals surface area contributed by atoms with Gasteiger partial charge in [0, 0.05) is 10.7 Å². The Morgan fingerprint density at radius 1 is 0.885 bits per heavy atom. The van der Waals surface area contributed by atoms with Crippen LogP contribution in [0.2, 0.25) is 5.02 Å². The van der Waals surface area contributed by atoms with Crippen molar-refractivity contribution in [3.63, 3.8) is 0 Å². The standard InChI is InChI=1S/C19H14ClN3O3/c20-12-9-10-17(24)16(11-12)23-22-15-8-4-7-14(18(15)25)19(26)21-13-5-2-1-3-6-13/h1-11,24-25H,(H,21,26). The topological polar surface area (TPSA) is 94.3 Å². The Morgan fingerprint density at radius 2 is 1.62 bits per heavy atom. The molecular formula is C19H14ClN3O3. The summed E-state index contributed by atoms with van der Waals surface area (Å²) in [5.41, 5.74) is 0.898. The number of nitrogens with zero attached hydrogens (tertiary/aromatic N) is 2. The lowest BCUT2D eigenvalue weighted by atomic mass is 10.1. The van der Waals surface area contributed by atoms with E-state index in [1.807, 2.05) is 6.07 Å². The lowest BCUT2D eigenvalue weighted by molar-refractivity contribution is 0.102. The van der Waals surface area contributed by atoms with Crippen molar-refractivity contribution in [2.45, 2.75) is 0 Å². The van der Waals surface area contributed by atoms with E-state index in [9.17, 15) is 15.0 Å². The molecule has 0 aliphatic rings. The highest BCUT2D eigenvalue weighted by Gasteiger charge is 2.14. The van der Waals surface area contributed by atoms with Crippen LogP contribution in [0.5, 0.6) is 11.5 Å². The fourth-order valence-corrected chi connectivity index (χ4v) is 2.37. The molecule has 130 valence electrons. The van der Waals surface area contributed by atoms with E-state index in [0.717, 1.165) is 0 Å². The minimum Gasteiger partial charge on any atom is -0.506 e. The molecule has 0 aromatic heterocycles. The van der Waals surface area contributed by atoms with Crippen molar-refractivity contribution >= 4 is 34.6 Å². The first-order valence-electron chi connectivity index (χ1n) is 7.63. The Labute approximate surface area is 154 Å². The lowest BCUT2D eigenvalue weighted by Crippen LogP contribution is -2.11. The van der Waals surface area contributed by atoms with Gasteiger partial charge in [-0.25, -0.2) is 0 Å². The number of phenols is 2. The van der Waals surface area contributed by atoms with Crippen LogP contribution in [0.25, 0.3) is 0 Å². The maximum Gasteiger partial charge on any atom is 0.259 e. The first-order chi connectivity index (χ1) is 12.5. The van der Waals surface area contributed by atoms with E-state index in [4.69, 9.17) is 11.6 Å². The number of hydrogen-bond donors (Lipinski definition) is 3. The van der Waals surface area contributed by atoms with Crippen molar-refractivity contribution in [1.82, 2.24) is 0 Å². The molecule has 1 amide bonds. The third-order valence-electron chi connectivity index (χ3n) is 3.49. The number of phenolic OH excluding ortho intramolecular Hbond substituents is 2. The Morgan fingerprint density at radius 3 is 2.38 bits per heavy atom. The predicted molar refractivity (Wildman–Crippen MR) is 99.8 cm³/mol. The number of para-hydroxylation sites is 2. The van der Waals surface area contributed by atoms with Crippen LogP contribution in [0.1, 0.15) is 10.4 Å². The maximum atomic E-state index is 12.4. The molecule has 0 bridgehead atoms. The second-order valence-electron chi connectivity index (χ2n) is 5.33. The number of carbonyl (C=O) groups excluding carboxylic acids is 1. The lowest BCUT2D eigenvalue weighted by Gasteiger charge is -2.08. The summed E-state index contributed by atoms with van der Waals surface area (Å²) >= 11 is 5.86. The first kappa shape index (κ1) is 17.4. The molecular weight excluding hydrogens is 354 g/mol. The number of halogens is 1. The van der Waals surface area contributed by atoms with E-state index in [1.165, 1.54) is 30.3 Å². The van der Waals surface area contributed by atoms with Crippen LogP contribution in [0.3, 0.4) is 0 Å². The largest absolute Gasteiger partial charge is 0.506 e. The summed E-state index contributed by atoms with van der Waals surface area (Å²) in [4.78, 5) is 12.4. The molecule has 0 heterocycles. The zero-order valence-corrected chi connectivity index (χ0v) is 14.2. The van der Waals surface area contributed by atoms with Gasteiger partial charge in [0.05, 0.1) is 5.56 Å². The summed E-state index contributed by atoms with van der Waals surface area (Å²) < 4.78 is 0. The van der Waals surface area contributed by atoms with E-state index in [0.29, 0.717) is 10.7 Å². The predicted octanol–water partition coefficient (Wildman–Crippen LogP) is 5.42. The Bertz CT molecular complexity index is 975.